The number of hydrogen-bond acceptors (Lipinski definition) is 4. The smallest absolute Gasteiger partial charge is 0.409 e. The van der Waals surface area contributed by atoms with Crippen LogP contribution >= 0.6 is 0 Å². The van der Waals surface area contributed by atoms with E-state index in [9.17, 15) is 9.59 Å². The van der Waals surface area contributed by atoms with E-state index in [1.165, 1.54) is 16.0 Å². The van der Waals surface area contributed by atoms with Crippen molar-refractivity contribution in [2.45, 2.75) is 18.4 Å². The van der Waals surface area contributed by atoms with Crippen molar-refractivity contribution in [1.82, 2.24) is 4.90 Å². The summed E-state index contributed by atoms with van der Waals surface area (Å²) in [4.78, 5) is 25.6. The molecular weight excluding hydrogens is 342 g/mol. The van der Waals surface area contributed by atoms with Gasteiger partial charge in [0.05, 0.1) is 5.92 Å². The molecule has 2 aromatic rings. The van der Waals surface area contributed by atoms with Crippen LogP contribution in [0.4, 0.5) is 4.79 Å². The summed E-state index contributed by atoms with van der Waals surface area (Å²) in [6.45, 7) is 0.889. The summed E-state index contributed by atoms with van der Waals surface area (Å²) in [5.74, 6) is -0.845. The van der Waals surface area contributed by atoms with E-state index in [1.54, 1.807) is 0 Å². The van der Waals surface area contributed by atoms with Gasteiger partial charge >= 0.3 is 6.09 Å². The van der Waals surface area contributed by atoms with Crippen molar-refractivity contribution in [2.24, 2.45) is 17.4 Å². The van der Waals surface area contributed by atoms with Crippen LogP contribution in [0.1, 0.15) is 23.5 Å². The Balaban J connectivity index is 1.49. The van der Waals surface area contributed by atoms with E-state index in [0.29, 0.717) is 13.0 Å². The van der Waals surface area contributed by atoms with Crippen LogP contribution in [-0.4, -0.2) is 42.6 Å². The molecule has 2 aromatic carbocycles. The summed E-state index contributed by atoms with van der Waals surface area (Å²) in [7, 11) is 0. The minimum atomic E-state index is -0.446. The minimum Gasteiger partial charge on any atom is -0.448 e. The molecule has 4 N–H and O–H groups in total. The van der Waals surface area contributed by atoms with E-state index in [0.717, 1.165) is 11.1 Å². The van der Waals surface area contributed by atoms with Crippen LogP contribution in [0.15, 0.2) is 48.5 Å². The number of rotatable bonds is 3. The van der Waals surface area contributed by atoms with Crippen molar-refractivity contribution >= 4 is 12.0 Å². The Hall–Kier alpha value is -2.86. The van der Waals surface area contributed by atoms with Crippen LogP contribution in [0.3, 0.4) is 0 Å². The maximum Gasteiger partial charge on any atom is 0.409 e. The molecule has 0 saturated carbocycles. The Morgan fingerprint density at radius 2 is 1.59 bits per heavy atom. The summed E-state index contributed by atoms with van der Waals surface area (Å²) in [6.07, 6.45) is 0.0564. The van der Waals surface area contributed by atoms with Gasteiger partial charge in [-0.2, -0.15) is 0 Å². The minimum absolute atomic E-state index is 0.00625. The SMILES string of the molecule is NC(=O)[C@H]1C[C@@H](N)CN(C(=O)OCC2c3ccccc3-c3ccccc32)C1. The standard InChI is InChI=1S/C21H23N3O3/c22-14-9-13(20(23)25)10-24(11-14)21(26)27-12-19-17-7-3-1-5-15(17)16-6-2-4-8-18(16)19/h1-8,13-14,19H,9-12,22H2,(H2,23,25)/t13-,14+/m0/s1. The molecule has 4 rings (SSSR count). The number of carbonyl (C=O) groups is 2. The zero-order valence-electron chi connectivity index (χ0n) is 15.0. The van der Waals surface area contributed by atoms with E-state index in [1.807, 2.05) is 24.3 Å². The normalized spacial score (nSPS) is 21.4. The second-order valence-electron chi connectivity index (χ2n) is 7.30. The van der Waals surface area contributed by atoms with Crippen LogP contribution in [0.2, 0.25) is 0 Å². The molecule has 2 atom stereocenters. The van der Waals surface area contributed by atoms with Crippen molar-refractivity contribution in [3.8, 4) is 11.1 Å². The Labute approximate surface area is 158 Å². The molecule has 1 aliphatic carbocycles. The van der Waals surface area contributed by atoms with Crippen LogP contribution < -0.4 is 11.5 Å². The highest BCUT2D eigenvalue weighted by Gasteiger charge is 2.33. The highest BCUT2D eigenvalue weighted by atomic mass is 16.6. The lowest BCUT2D eigenvalue weighted by atomic mass is 9.94. The van der Waals surface area contributed by atoms with E-state index in [2.05, 4.69) is 24.3 Å². The summed E-state index contributed by atoms with van der Waals surface area (Å²) in [6, 6.07) is 16.1. The maximum absolute atomic E-state index is 12.6. The molecule has 6 nitrogen and oxygen atoms in total. The highest BCUT2D eigenvalue weighted by Crippen LogP contribution is 2.44. The van der Waals surface area contributed by atoms with Gasteiger partial charge in [-0.1, -0.05) is 48.5 Å². The first kappa shape index (κ1) is 17.5. The van der Waals surface area contributed by atoms with Gasteiger partial charge in [0.25, 0.3) is 0 Å². The molecule has 1 aliphatic heterocycles. The van der Waals surface area contributed by atoms with E-state index in [4.69, 9.17) is 16.2 Å². The summed E-state index contributed by atoms with van der Waals surface area (Å²) in [5, 5.41) is 0. The number of nitrogens with two attached hydrogens (primary N) is 2. The lowest BCUT2D eigenvalue weighted by molar-refractivity contribution is -0.123. The zero-order chi connectivity index (χ0) is 19.0. The van der Waals surface area contributed by atoms with Gasteiger partial charge in [0.1, 0.15) is 6.61 Å². The Bertz CT molecular complexity index is 837. The van der Waals surface area contributed by atoms with Crippen LogP contribution in [0, 0.1) is 5.92 Å². The number of amides is 2. The van der Waals surface area contributed by atoms with Crippen LogP contribution in [0.5, 0.6) is 0 Å². The third-order valence-electron chi connectivity index (χ3n) is 5.48. The number of piperidine rings is 1. The predicted molar refractivity (Wildman–Crippen MR) is 102 cm³/mol. The fourth-order valence-corrected chi connectivity index (χ4v) is 4.18. The maximum atomic E-state index is 12.6. The van der Waals surface area contributed by atoms with Crippen molar-refractivity contribution in [3.05, 3.63) is 59.7 Å². The molecule has 0 bridgehead atoms. The zero-order valence-corrected chi connectivity index (χ0v) is 15.0. The molecular formula is C21H23N3O3. The lowest BCUT2D eigenvalue weighted by Gasteiger charge is -2.34. The Morgan fingerprint density at radius 3 is 2.19 bits per heavy atom. The lowest BCUT2D eigenvalue weighted by Crippen LogP contribution is -2.52. The van der Waals surface area contributed by atoms with Crippen molar-refractivity contribution in [1.29, 1.82) is 0 Å². The number of primary amides is 1. The quantitative estimate of drug-likeness (QED) is 0.870. The van der Waals surface area contributed by atoms with Crippen molar-refractivity contribution < 1.29 is 14.3 Å². The van der Waals surface area contributed by atoms with Crippen LogP contribution in [-0.2, 0) is 9.53 Å². The first-order valence-electron chi connectivity index (χ1n) is 9.19. The average molecular weight is 365 g/mol. The van der Waals surface area contributed by atoms with Gasteiger partial charge in [-0.3, -0.25) is 4.79 Å². The molecule has 1 fully saturated rings. The Morgan fingerprint density at radius 1 is 1.00 bits per heavy atom. The van der Waals surface area contributed by atoms with Gasteiger partial charge in [0.2, 0.25) is 5.91 Å². The molecule has 140 valence electrons. The first-order chi connectivity index (χ1) is 13.0. The molecule has 1 saturated heterocycles. The molecule has 0 spiro atoms. The second kappa shape index (κ2) is 7.04. The van der Waals surface area contributed by atoms with Crippen LogP contribution in [0.25, 0.3) is 11.1 Å². The van der Waals surface area contributed by atoms with Gasteiger partial charge in [0, 0.05) is 25.0 Å². The third kappa shape index (κ3) is 3.28. The topological polar surface area (TPSA) is 98.6 Å². The monoisotopic (exact) mass is 365 g/mol. The van der Waals surface area contributed by atoms with Crippen molar-refractivity contribution in [2.75, 3.05) is 19.7 Å². The molecule has 0 radical (unpaired) electrons. The molecule has 1 heterocycles. The van der Waals surface area contributed by atoms with E-state index in [-0.39, 0.29) is 25.1 Å². The molecule has 6 heteroatoms. The number of ether oxygens (including phenoxy) is 1. The van der Waals surface area contributed by atoms with Gasteiger partial charge in [-0.05, 0) is 28.7 Å². The van der Waals surface area contributed by atoms with Gasteiger partial charge in [-0.25, -0.2) is 4.79 Å². The predicted octanol–water partition coefficient (Wildman–Crippen LogP) is 2.07. The number of hydrogen-bond donors (Lipinski definition) is 2. The van der Waals surface area contributed by atoms with Crippen molar-refractivity contribution in [3.63, 3.8) is 0 Å². The van der Waals surface area contributed by atoms with Gasteiger partial charge < -0.3 is 21.1 Å². The molecule has 0 aromatic heterocycles. The summed E-state index contributed by atoms with van der Waals surface area (Å²) in [5.41, 5.74) is 16.1. The largest absolute Gasteiger partial charge is 0.448 e. The van der Waals surface area contributed by atoms with E-state index >= 15 is 0 Å². The highest BCUT2D eigenvalue weighted by molar-refractivity contribution is 5.80. The first-order valence-corrected chi connectivity index (χ1v) is 9.19. The summed E-state index contributed by atoms with van der Waals surface area (Å²) < 4.78 is 5.63. The fourth-order valence-electron chi connectivity index (χ4n) is 4.18. The molecule has 2 aliphatic rings. The summed E-state index contributed by atoms with van der Waals surface area (Å²) >= 11 is 0. The number of carbonyl (C=O) groups excluding carboxylic acids is 2. The number of likely N-dealkylation sites (tertiary alicyclic amines) is 1. The average Bonchev–Trinajstić information content (AvgIpc) is 2.99. The van der Waals surface area contributed by atoms with E-state index < -0.39 is 17.9 Å². The fraction of sp³-hybridized carbons (Fsp3) is 0.333. The second-order valence-corrected chi connectivity index (χ2v) is 7.30. The Kier molecular flexibility index (Phi) is 4.58. The van der Waals surface area contributed by atoms with Gasteiger partial charge in [-0.15, -0.1) is 0 Å². The third-order valence-corrected chi connectivity index (χ3v) is 5.48. The van der Waals surface area contributed by atoms with Gasteiger partial charge in [0.15, 0.2) is 0 Å². The number of nitrogens with zero attached hydrogens (tertiary/aromatic N) is 1. The molecule has 0 unspecified atom stereocenters. The number of fused-ring (bicyclic) bond motifs is 3. The molecule has 27 heavy (non-hydrogen) atoms. The number of benzene rings is 2. The molecule has 2 amide bonds.